The fraction of sp³-hybridized carbons (Fsp3) is 0.609. The molecule has 0 bridgehead atoms. The lowest BCUT2D eigenvalue weighted by Crippen LogP contribution is -2.57. The third kappa shape index (κ3) is 5.18. The van der Waals surface area contributed by atoms with E-state index in [1.165, 1.54) is 12.7 Å². The number of halogens is 1. The highest BCUT2D eigenvalue weighted by Gasteiger charge is 2.39. The second-order valence-electron chi connectivity index (χ2n) is 8.67. The monoisotopic (exact) mass is 490 g/mol. The standard InChI is InChI=1S/C23H31BrN4O3/c1-15-25-22(26-27(15)2)17-6-10-19(11-7-17)28-13-21(23(29)30-3)31-14-20(28)12-16-4-8-18(24)9-5-16/h4-5,8-9,17,19-21H,6-7,10-14H2,1-3H3/t17?,19?,20-,21+/m0/s1. The van der Waals surface area contributed by atoms with Crippen LogP contribution in [0.5, 0.6) is 0 Å². The molecule has 0 spiro atoms. The van der Waals surface area contributed by atoms with E-state index in [0.29, 0.717) is 25.1 Å². The molecule has 4 rings (SSSR count). The molecule has 2 aliphatic rings. The van der Waals surface area contributed by atoms with Gasteiger partial charge in [0.2, 0.25) is 0 Å². The molecule has 2 atom stereocenters. The maximum absolute atomic E-state index is 12.2. The Morgan fingerprint density at radius 2 is 1.94 bits per heavy atom. The Morgan fingerprint density at radius 3 is 2.55 bits per heavy atom. The Bertz CT molecular complexity index is 873. The number of aryl methyl sites for hydroxylation is 2. The summed E-state index contributed by atoms with van der Waals surface area (Å²) in [6, 6.07) is 9.14. The van der Waals surface area contributed by atoms with Crippen LogP contribution in [0, 0.1) is 6.92 Å². The van der Waals surface area contributed by atoms with Crippen molar-refractivity contribution in [2.75, 3.05) is 20.3 Å². The van der Waals surface area contributed by atoms with Crippen LogP contribution < -0.4 is 0 Å². The van der Waals surface area contributed by atoms with E-state index < -0.39 is 6.10 Å². The Labute approximate surface area is 192 Å². The summed E-state index contributed by atoms with van der Waals surface area (Å²) >= 11 is 3.51. The van der Waals surface area contributed by atoms with Gasteiger partial charge < -0.3 is 9.47 Å². The van der Waals surface area contributed by atoms with Crippen molar-refractivity contribution in [2.45, 2.75) is 63.1 Å². The van der Waals surface area contributed by atoms with Gasteiger partial charge in [0.25, 0.3) is 0 Å². The molecule has 0 radical (unpaired) electrons. The molecule has 2 fully saturated rings. The molecule has 31 heavy (non-hydrogen) atoms. The van der Waals surface area contributed by atoms with E-state index in [0.717, 1.165) is 48.2 Å². The number of rotatable bonds is 5. The van der Waals surface area contributed by atoms with Crippen LogP contribution in [-0.2, 0) is 27.7 Å². The Kier molecular flexibility index (Phi) is 7.08. The van der Waals surface area contributed by atoms with Crippen LogP contribution in [0.3, 0.4) is 0 Å². The quantitative estimate of drug-likeness (QED) is 0.598. The van der Waals surface area contributed by atoms with Gasteiger partial charge in [-0.15, -0.1) is 0 Å². The minimum absolute atomic E-state index is 0.249. The van der Waals surface area contributed by atoms with Crippen LogP contribution in [0.15, 0.2) is 28.7 Å². The van der Waals surface area contributed by atoms with Crippen molar-refractivity contribution in [3.63, 3.8) is 0 Å². The fourth-order valence-corrected chi connectivity index (χ4v) is 5.10. The molecule has 1 aromatic carbocycles. The summed E-state index contributed by atoms with van der Waals surface area (Å²) in [6.07, 6.45) is 4.68. The van der Waals surface area contributed by atoms with Gasteiger partial charge in [0.1, 0.15) is 5.82 Å². The molecule has 0 amide bonds. The maximum Gasteiger partial charge on any atom is 0.336 e. The molecule has 0 N–H and O–H groups in total. The van der Waals surface area contributed by atoms with E-state index in [9.17, 15) is 4.79 Å². The molecule has 1 aliphatic carbocycles. The van der Waals surface area contributed by atoms with Crippen LogP contribution in [0.2, 0.25) is 0 Å². The molecule has 2 heterocycles. The lowest BCUT2D eigenvalue weighted by Gasteiger charge is -2.45. The molecular formula is C23H31BrN4O3. The smallest absolute Gasteiger partial charge is 0.336 e. The van der Waals surface area contributed by atoms with Gasteiger partial charge in [-0.3, -0.25) is 9.58 Å². The molecule has 7 nitrogen and oxygen atoms in total. The molecule has 0 unspecified atom stereocenters. The molecule has 1 saturated heterocycles. The first kappa shape index (κ1) is 22.4. The SMILES string of the molecule is COC(=O)[C@H]1CN(C2CCC(c3nc(C)n(C)n3)CC2)[C@@H](Cc2ccc(Br)cc2)CO1. The lowest BCUT2D eigenvalue weighted by atomic mass is 9.83. The average molecular weight is 491 g/mol. The summed E-state index contributed by atoms with van der Waals surface area (Å²) in [5, 5.41) is 4.60. The van der Waals surface area contributed by atoms with E-state index >= 15 is 0 Å². The largest absolute Gasteiger partial charge is 0.467 e. The second kappa shape index (κ2) is 9.79. The van der Waals surface area contributed by atoms with Crippen molar-refractivity contribution < 1.29 is 14.3 Å². The molecular weight excluding hydrogens is 460 g/mol. The molecule has 1 saturated carbocycles. The highest BCUT2D eigenvalue weighted by molar-refractivity contribution is 9.10. The van der Waals surface area contributed by atoms with Crippen molar-refractivity contribution in [1.82, 2.24) is 19.7 Å². The van der Waals surface area contributed by atoms with Gasteiger partial charge in [-0.1, -0.05) is 28.1 Å². The van der Waals surface area contributed by atoms with Crippen molar-refractivity contribution in [2.24, 2.45) is 7.05 Å². The number of benzene rings is 1. The number of methoxy groups -OCH3 is 1. The predicted molar refractivity (Wildman–Crippen MR) is 121 cm³/mol. The lowest BCUT2D eigenvalue weighted by molar-refractivity contribution is -0.165. The molecule has 2 aromatic rings. The second-order valence-corrected chi connectivity index (χ2v) is 9.59. The number of carbonyl (C=O) groups excluding carboxylic acids is 1. The number of nitrogens with zero attached hydrogens (tertiary/aromatic N) is 4. The summed E-state index contributed by atoms with van der Waals surface area (Å²) < 4.78 is 13.8. The topological polar surface area (TPSA) is 69.5 Å². The van der Waals surface area contributed by atoms with Gasteiger partial charge in [0.15, 0.2) is 11.9 Å². The van der Waals surface area contributed by atoms with Crippen molar-refractivity contribution in [1.29, 1.82) is 0 Å². The summed E-state index contributed by atoms with van der Waals surface area (Å²) in [6.45, 7) is 3.12. The molecule has 168 valence electrons. The van der Waals surface area contributed by atoms with E-state index in [1.807, 2.05) is 18.7 Å². The van der Waals surface area contributed by atoms with Crippen molar-refractivity contribution in [3.05, 3.63) is 46.0 Å². The zero-order valence-corrected chi connectivity index (χ0v) is 20.0. The summed E-state index contributed by atoms with van der Waals surface area (Å²) in [4.78, 5) is 19.3. The normalized spacial score (nSPS) is 27.2. The van der Waals surface area contributed by atoms with Gasteiger partial charge in [-0.2, -0.15) is 5.10 Å². The minimum Gasteiger partial charge on any atom is -0.467 e. The van der Waals surface area contributed by atoms with Gasteiger partial charge in [0.05, 0.1) is 13.7 Å². The van der Waals surface area contributed by atoms with Crippen molar-refractivity contribution in [3.8, 4) is 0 Å². The zero-order valence-electron chi connectivity index (χ0n) is 18.5. The van der Waals surface area contributed by atoms with Crippen LogP contribution in [0.4, 0.5) is 0 Å². The third-order valence-electron chi connectivity index (χ3n) is 6.71. The maximum atomic E-state index is 12.2. The Balaban J connectivity index is 1.45. The van der Waals surface area contributed by atoms with E-state index in [1.54, 1.807) is 0 Å². The van der Waals surface area contributed by atoms with Crippen LogP contribution in [0.25, 0.3) is 0 Å². The van der Waals surface area contributed by atoms with Crippen LogP contribution in [-0.4, -0.2) is 64.1 Å². The van der Waals surface area contributed by atoms with Crippen LogP contribution in [0.1, 0.15) is 48.8 Å². The van der Waals surface area contributed by atoms with Gasteiger partial charge in [0, 0.05) is 36.1 Å². The number of carbonyl (C=O) groups is 1. The highest BCUT2D eigenvalue weighted by atomic mass is 79.9. The first-order chi connectivity index (χ1) is 14.9. The van der Waals surface area contributed by atoms with Crippen molar-refractivity contribution >= 4 is 21.9 Å². The van der Waals surface area contributed by atoms with Gasteiger partial charge >= 0.3 is 5.97 Å². The highest BCUT2D eigenvalue weighted by Crippen LogP contribution is 2.35. The predicted octanol–water partition coefficient (Wildman–Crippen LogP) is 3.40. The average Bonchev–Trinajstić information content (AvgIpc) is 3.13. The zero-order chi connectivity index (χ0) is 22.0. The van der Waals surface area contributed by atoms with E-state index in [4.69, 9.17) is 9.47 Å². The summed E-state index contributed by atoms with van der Waals surface area (Å²) in [5.41, 5.74) is 1.28. The van der Waals surface area contributed by atoms with Crippen LogP contribution >= 0.6 is 15.9 Å². The van der Waals surface area contributed by atoms with Gasteiger partial charge in [-0.25, -0.2) is 9.78 Å². The number of ether oxygens (including phenoxy) is 2. The molecule has 1 aliphatic heterocycles. The van der Waals surface area contributed by atoms with Gasteiger partial charge in [-0.05, 0) is 56.7 Å². The summed E-state index contributed by atoms with van der Waals surface area (Å²) in [5.74, 6) is 2.06. The number of aromatic nitrogens is 3. The number of morpholine rings is 1. The Morgan fingerprint density at radius 1 is 1.23 bits per heavy atom. The number of esters is 1. The minimum atomic E-state index is -0.510. The third-order valence-corrected chi connectivity index (χ3v) is 7.24. The molecule has 8 heteroatoms. The summed E-state index contributed by atoms with van der Waals surface area (Å²) in [7, 11) is 3.38. The number of hydrogen-bond donors (Lipinski definition) is 0. The number of hydrogen-bond acceptors (Lipinski definition) is 6. The first-order valence-electron chi connectivity index (χ1n) is 11.0. The van der Waals surface area contributed by atoms with E-state index in [2.05, 4.69) is 55.2 Å². The first-order valence-corrected chi connectivity index (χ1v) is 11.8. The Hall–Kier alpha value is -1.77. The fourth-order valence-electron chi connectivity index (χ4n) is 4.83. The molecule has 1 aromatic heterocycles. The van der Waals surface area contributed by atoms with E-state index in [-0.39, 0.29) is 12.0 Å².